The van der Waals surface area contributed by atoms with Gasteiger partial charge in [0.05, 0.1) is 11.4 Å². The first-order valence-electron chi connectivity index (χ1n) is 8.42. The van der Waals surface area contributed by atoms with Gasteiger partial charge in [-0.3, -0.25) is 4.79 Å². The van der Waals surface area contributed by atoms with Crippen molar-refractivity contribution in [1.29, 1.82) is 0 Å². The van der Waals surface area contributed by atoms with E-state index in [0.717, 1.165) is 22.4 Å². The number of amides is 1. The number of hydrogen-bond donors (Lipinski definition) is 0. The normalized spacial score (nSPS) is 10.8. The molecule has 1 aromatic heterocycles. The first-order valence-corrected chi connectivity index (χ1v) is 9.40. The van der Waals surface area contributed by atoms with E-state index in [1.54, 1.807) is 28.8 Å². The van der Waals surface area contributed by atoms with E-state index in [1.165, 1.54) is 23.9 Å². The lowest BCUT2D eigenvalue weighted by atomic mass is 10.1. The molecule has 0 aliphatic rings. The third kappa shape index (κ3) is 4.51. The molecule has 140 valence electrons. The monoisotopic (exact) mass is 385 g/mol. The highest BCUT2D eigenvalue weighted by molar-refractivity contribution is 7.99. The topological polar surface area (TPSA) is 63.9 Å². The predicted octanol–water partition coefficient (Wildman–Crippen LogP) is 3.17. The fraction of sp³-hybridized carbons (Fsp3) is 0.263. The van der Waals surface area contributed by atoms with Crippen LogP contribution in [0, 0.1) is 19.7 Å². The summed E-state index contributed by atoms with van der Waals surface area (Å²) in [5.74, 6) is -0.134. The van der Waals surface area contributed by atoms with Crippen LogP contribution in [0.5, 0.6) is 0 Å². The molecule has 3 rings (SSSR count). The standard InChI is InChI=1S/C19H20FN5OS/c1-13-5-4-6-14(2)18(13)25-19(21-22-23-25)27-12-17(26)24(3)11-15-7-9-16(20)10-8-15/h4-10H,11-12H2,1-3H3. The van der Waals surface area contributed by atoms with Crippen molar-refractivity contribution >= 4 is 17.7 Å². The number of aromatic nitrogens is 4. The van der Waals surface area contributed by atoms with Crippen LogP contribution in [-0.4, -0.2) is 43.8 Å². The van der Waals surface area contributed by atoms with Gasteiger partial charge in [-0.15, -0.1) is 5.10 Å². The molecule has 0 fully saturated rings. The number of para-hydroxylation sites is 1. The van der Waals surface area contributed by atoms with Crippen molar-refractivity contribution in [3.8, 4) is 5.69 Å². The van der Waals surface area contributed by atoms with Crippen molar-refractivity contribution in [1.82, 2.24) is 25.1 Å². The van der Waals surface area contributed by atoms with E-state index in [2.05, 4.69) is 15.5 Å². The molecule has 0 aliphatic heterocycles. The Labute approximate surface area is 161 Å². The van der Waals surface area contributed by atoms with E-state index >= 15 is 0 Å². The Morgan fingerprint density at radius 1 is 1.15 bits per heavy atom. The number of hydrogen-bond acceptors (Lipinski definition) is 5. The van der Waals surface area contributed by atoms with Crippen LogP contribution >= 0.6 is 11.8 Å². The Balaban J connectivity index is 1.66. The lowest BCUT2D eigenvalue weighted by Crippen LogP contribution is -2.27. The van der Waals surface area contributed by atoms with Gasteiger partial charge >= 0.3 is 0 Å². The summed E-state index contributed by atoms with van der Waals surface area (Å²) in [6.07, 6.45) is 0. The number of tetrazole rings is 1. The number of thioether (sulfide) groups is 1. The number of aryl methyl sites for hydroxylation is 2. The highest BCUT2D eigenvalue weighted by atomic mass is 32.2. The van der Waals surface area contributed by atoms with Crippen LogP contribution < -0.4 is 0 Å². The third-order valence-electron chi connectivity index (χ3n) is 4.18. The summed E-state index contributed by atoms with van der Waals surface area (Å²) in [7, 11) is 1.72. The van der Waals surface area contributed by atoms with E-state index in [1.807, 2.05) is 32.0 Å². The van der Waals surface area contributed by atoms with E-state index < -0.39 is 0 Å². The Bertz CT molecular complexity index is 921. The molecule has 0 N–H and O–H groups in total. The van der Waals surface area contributed by atoms with Crippen LogP contribution in [0.25, 0.3) is 5.69 Å². The fourth-order valence-electron chi connectivity index (χ4n) is 2.74. The second kappa shape index (κ2) is 8.30. The van der Waals surface area contributed by atoms with Gasteiger partial charge in [-0.1, -0.05) is 42.1 Å². The highest BCUT2D eigenvalue weighted by Gasteiger charge is 2.16. The molecule has 3 aromatic rings. The molecule has 0 saturated carbocycles. The molecule has 0 aliphatic carbocycles. The molecular formula is C19H20FN5OS. The van der Waals surface area contributed by atoms with Crippen LogP contribution in [0.4, 0.5) is 4.39 Å². The second-order valence-electron chi connectivity index (χ2n) is 6.28. The van der Waals surface area contributed by atoms with Crippen molar-refractivity contribution in [3.63, 3.8) is 0 Å². The zero-order chi connectivity index (χ0) is 19.4. The Morgan fingerprint density at radius 3 is 2.48 bits per heavy atom. The maximum Gasteiger partial charge on any atom is 0.233 e. The summed E-state index contributed by atoms with van der Waals surface area (Å²) >= 11 is 1.29. The van der Waals surface area contributed by atoms with E-state index in [9.17, 15) is 9.18 Å². The molecule has 0 bridgehead atoms. The third-order valence-corrected chi connectivity index (χ3v) is 5.08. The number of carbonyl (C=O) groups excluding carboxylic acids is 1. The summed E-state index contributed by atoms with van der Waals surface area (Å²) < 4.78 is 14.7. The lowest BCUT2D eigenvalue weighted by Gasteiger charge is -2.17. The molecule has 27 heavy (non-hydrogen) atoms. The zero-order valence-corrected chi connectivity index (χ0v) is 16.2. The molecule has 0 spiro atoms. The molecular weight excluding hydrogens is 365 g/mol. The first kappa shape index (κ1) is 19.0. The van der Waals surface area contributed by atoms with Gasteiger partial charge < -0.3 is 4.90 Å². The van der Waals surface area contributed by atoms with Gasteiger partial charge in [-0.2, -0.15) is 4.68 Å². The van der Waals surface area contributed by atoms with Gasteiger partial charge in [0.2, 0.25) is 11.1 Å². The Hall–Kier alpha value is -2.74. The zero-order valence-electron chi connectivity index (χ0n) is 15.4. The quantitative estimate of drug-likeness (QED) is 0.610. The summed E-state index contributed by atoms with van der Waals surface area (Å²) in [5.41, 5.74) is 3.92. The largest absolute Gasteiger partial charge is 0.341 e. The molecule has 0 unspecified atom stereocenters. The van der Waals surface area contributed by atoms with Crippen LogP contribution in [0.1, 0.15) is 16.7 Å². The maximum atomic E-state index is 13.0. The van der Waals surface area contributed by atoms with Gasteiger partial charge in [0.15, 0.2) is 0 Å². The van der Waals surface area contributed by atoms with Crippen LogP contribution in [0.2, 0.25) is 0 Å². The van der Waals surface area contributed by atoms with Gasteiger partial charge in [0.1, 0.15) is 5.82 Å². The van der Waals surface area contributed by atoms with E-state index in [-0.39, 0.29) is 17.5 Å². The van der Waals surface area contributed by atoms with Gasteiger partial charge in [0, 0.05) is 13.6 Å². The smallest absolute Gasteiger partial charge is 0.233 e. The Kier molecular flexibility index (Phi) is 5.85. The van der Waals surface area contributed by atoms with Gasteiger partial charge in [-0.05, 0) is 53.1 Å². The van der Waals surface area contributed by atoms with Crippen LogP contribution in [-0.2, 0) is 11.3 Å². The summed E-state index contributed by atoms with van der Waals surface area (Å²) in [5, 5.41) is 12.5. The van der Waals surface area contributed by atoms with Crippen molar-refractivity contribution in [2.75, 3.05) is 12.8 Å². The van der Waals surface area contributed by atoms with Crippen molar-refractivity contribution in [2.45, 2.75) is 25.5 Å². The number of halogens is 1. The summed E-state index contributed by atoms with van der Waals surface area (Å²) in [6.45, 7) is 4.42. The van der Waals surface area contributed by atoms with Crippen molar-refractivity contribution in [3.05, 3.63) is 65.0 Å². The molecule has 6 nitrogen and oxygen atoms in total. The molecule has 0 saturated heterocycles. The molecule has 1 heterocycles. The average Bonchev–Trinajstić information content (AvgIpc) is 3.09. The highest BCUT2D eigenvalue weighted by Crippen LogP contribution is 2.23. The molecule has 8 heteroatoms. The fourth-order valence-corrected chi connectivity index (χ4v) is 3.55. The number of benzene rings is 2. The summed E-state index contributed by atoms with van der Waals surface area (Å²) in [6, 6.07) is 12.1. The Morgan fingerprint density at radius 2 is 1.81 bits per heavy atom. The van der Waals surface area contributed by atoms with Gasteiger partial charge in [0.25, 0.3) is 0 Å². The first-order chi connectivity index (χ1) is 13.0. The average molecular weight is 385 g/mol. The van der Waals surface area contributed by atoms with Crippen molar-refractivity contribution < 1.29 is 9.18 Å². The van der Waals surface area contributed by atoms with Crippen LogP contribution in [0.15, 0.2) is 47.6 Å². The number of carbonyl (C=O) groups is 1. The summed E-state index contributed by atoms with van der Waals surface area (Å²) in [4.78, 5) is 14.0. The number of nitrogens with zero attached hydrogens (tertiary/aromatic N) is 5. The minimum atomic E-state index is -0.290. The molecule has 1 amide bonds. The minimum Gasteiger partial charge on any atom is -0.341 e. The maximum absolute atomic E-state index is 13.0. The van der Waals surface area contributed by atoms with E-state index in [4.69, 9.17) is 0 Å². The molecule has 2 aromatic carbocycles. The van der Waals surface area contributed by atoms with E-state index in [0.29, 0.717) is 11.7 Å². The molecule has 0 radical (unpaired) electrons. The number of rotatable bonds is 6. The molecule has 0 atom stereocenters. The minimum absolute atomic E-state index is 0.0552. The van der Waals surface area contributed by atoms with Gasteiger partial charge in [-0.25, -0.2) is 4.39 Å². The SMILES string of the molecule is Cc1cccc(C)c1-n1nnnc1SCC(=O)N(C)Cc1ccc(F)cc1. The van der Waals surface area contributed by atoms with Crippen LogP contribution in [0.3, 0.4) is 0 Å². The lowest BCUT2D eigenvalue weighted by molar-refractivity contribution is -0.127. The predicted molar refractivity (Wildman–Crippen MR) is 102 cm³/mol. The van der Waals surface area contributed by atoms with Crippen molar-refractivity contribution in [2.24, 2.45) is 0 Å². The second-order valence-corrected chi connectivity index (χ2v) is 7.22.